The first kappa shape index (κ1) is 11.4. The van der Waals surface area contributed by atoms with Crippen molar-refractivity contribution in [1.29, 1.82) is 0 Å². The van der Waals surface area contributed by atoms with Gasteiger partial charge >= 0.3 is 5.97 Å². The van der Waals surface area contributed by atoms with Gasteiger partial charge in [0, 0.05) is 6.92 Å². The zero-order chi connectivity index (χ0) is 10.3. The highest BCUT2D eigenvalue weighted by Gasteiger charge is 2.05. The molecule has 13 heavy (non-hydrogen) atoms. The molecule has 0 aliphatic rings. The maximum atomic E-state index is 10.7. The van der Waals surface area contributed by atoms with Gasteiger partial charge in [0.1, 0.15) is 6.54 Å². The van der Waals surface area contributed by atoms with Crippen LogP contribution in [0.3, 0.4) is 0 Å². The second-order valence-corrected chi connectivity index (χ2v) is 2.11. The Hall–Kier alpha value is -1.63. The van der Waals surface area contributed by atoms with Crippen LogP contribution in [-0.2, 0) is 19.2 Å². The number of carbonyl (C=O) groups excluding carboxylic acids is 3. The summed E-state index contributed by atoms with van der Waals surface area (Å²) in [5.41, 5.74) is 6.76. The van der Waals surface area contributed by atoms with Crippen molar-refractivity contribution in [1.82, 2.24) is 10.8 Å². The van der Waals surface area contributed by atoms with E-state index in [0.717, 1.165) is 0 Å². The van der Waals surface area contributed by atoms with E-state index in [1.165, 1.54) is 6.92 Å². The van der Waals surface area contributed by atoms with Crippen molar-refractivity contribution in [3.05, 3.63) is 0 Å². The lowest BCUT2D eigenvalue weighted by Gasteiger charge is -2.03. The highest BCUT2D eigenvalue weighted by atomic mass is 16.7. The molecular formula is C6H11N3O4. The molecule has 7 heteroatoms. The number of amides is 2. The summed E-state index contributed by atoms with van der Waals surface area (Å²) in [6.07, 6.45) is 0. The first-order chi connectivity index (χ1) is 6.06. The van der Waals surface area contributed by atoms with Crippen LogP contribution in [0.15, 0.2) is 0 Å². The SMILES string of the molecule is CC(=O)NOC(=O)CNC(=O)CN. The van der Waals surface area contributed by atoms with Crippen LogP contribution in [0.2, 0.25) is 0 Å². The lowest BCUT2D eigenvalue weighted by molar-refractivity contribution is -0.157. The highest BCUT2D eigenvalue weighted by molar-refractivity contribution is 5.83. The number of hydrogen-bond donors (Lipinski definition) is 3. The highest BCUT2D eigenvalue weighted by Crippen LogP contribution is 1.71. The molecule has 2 amide bonds. The molecule has 0 spiro atoms. The molecule has 0 atom stereocenters. The molecular weight excluding hydrogens is 178 g/mol. The van der Waals surface area contributed by atoms with Crippen molar-refractivity contribution in [2.45, 2.75) is 6.92 Å². The fourth-order valence-electron chi connectivity index (χ4n) is 0.408. The molecule has 0 rings (SSSR count). The summed E-state index contributed by atoms with van der Waals surface area (Å²) in [7, 11) is 0. The van der Waals surface area contributed by atoms with Crippen molar-refractivity contribution >= 4 is 17.8 Å². The zero-order valence-electron chi connectivity index (χ0n) is 7.12. The molecule has 0 aliphatic carbocycles. The molecule has 0 saturated carbocycles. The van der Waals surface area contributed by atoms with Gasteiger partial charge in [0.2, 0.25) is 11.8 Å². The van der Waals surface area contributed by atoms with Crippen LogP contribution < -0.4 is 16.5 Å². The van der Waals surface area contributed by atoms with E-state index < -0.39 is 17.8 Å². The molecule has 4 N–H and O–H groups in total. The van der Waals surface area contributed by atoms with Gasteiger partial charge in [-0.3, -0.25) is 9.59 Å². The van der Waals surface area contributed by atoms with E-state index >= 15 is 0 Å². The number of hydrogen-bond acceptors (Lipinski definition) is 5. The summed E-state index contributed by atoms with van der Waals surface area (Å²) >= 11 is 0. The van der Waals surface area contributed by atoms with Crippen molar-refractivity contribution in [2.24, 2.45) is 5.73 Å². The zero-order valence-corrected chi connectivity index (χ0v) is 7.12. The maximum Gasteiger partial charge on any atom is 0.351 e. The molecule has 0 heterocycles. The Morgan fingerprint density at radius 3 is 2.46 bits per heavy atom. The van der Waals surface area contributed by atoms with E-state index in [9.17, 15) is 14.4 Å². The Bertz CT molecular complexity index is 216. The van der Waals surface area contributed by atoms with E-state index in [-0.39, 0.29) is 13.1 Å². The first-order valence-corrected chi connectivity index (χ1v) is 3.49. The number of hydroxylamine groups is 1. The Morgan fingerprint density at radius 2 is 2.00 bits per heavy atom. The third kappa shape index (κ3) is 6.76. The summed E-state index contributed by atoms with van der Waals surface area (Å²) in [5.74, 6) is -1.74. The largest absolute Gasteiger partial charge is 0.351 e. The molecule has 0 aromatic heterocycles. The third-order valence-corrected chi connectivity index (χ3v) is 0.924. The topological polar surface area (TPSA) is 111 Å². The molecule has 74 valence electrons. The van der Waals surface area contributed by atoms with Gasteiger partial charge in [-0.05, 0) is 0 Å². The van der Waals surface area contributed by atoms with Crippen LogP contribution in [0.4, 0.5) is 0 Å². The second kappa shape index (κ2) is 5.95. The van der Waals surface area contributed by atoms with Crippen LogP contribution in [0.25, 0.3) is 0 Å². The standard InChI is InChI=1S/C6H11N3O4/c1-4(10)9-13-6(12)3-8-5(11)2-7/h2-3,7H2,1H3,(H,8,11)(H,9,10). The van der Waals surface area contributed by atoms with Gasteiger partial charge in [-0.2, -0.15) is 5.48 Å². The lowest BCUT2D eigenvalue weighted by Crippen LogP contribution is -2.37. The Balaban J connectivity index is 3.52. The van der Waals surface area contributed by atoms with Crippen molar-refractivity contribution < 1.29 is 19.2 Å². The third-order valence-electron chi connectivity index (χ3n) is 0.924. The fraction of sp³-hybridized carbons (Fsp3) is 0.500. The molecule has 0 unspecified atom stereocenters. The molecule has 0 aromatic rings. The van der Waals surface area contributed by atoms with E-state index in [4.69, 9.17) is 5.73 Å². The van der Waals surface area contributed by atoms with Crippen LogP contribution >= 0.6 is 0 Å². The van der Waals surface area contributed by atoms with Crippen molar-refractivity contribution in [3.8, 4) is 0 Å². The van der Waals surface area contributed by atoms with Crippen LogP contribution in [0.5, 0.6) is 0 Å². The first-order valence-electron chi connectivity index (χ1n) is 3.49. The molecule has 7 nitrogen and oxygen atoms in total. The van der Waals surface area contributed by atoms with Gasteiger partial charge in [0.25, 0.3) is 0 Å². The molecule has 0 saturated heterocycles. The summed E-state index contributed by atoms with van der Waals surface area (Å²) in [6, 6.07) is 0. The van der Waals surface area contributed by atoms with E-state index in [2.05, 4.69) is 10.2 Å². The van der Waals surface area contributed by atoms with Gasteiger partial charge in [-0.25, -0.2) is 4.79 Å². The summed E-state index contributed by atoms with van der Waals surface area (Å²) in [5, 5.41) is 2.17. The normalized spacial score (nSPS) is 8.77. The van der Waals surface area contributed by atoms with Crippen LogP contribution in [-0.4, -0.2) is 30.9 Å². The number of rotatable bonds is 3. The molecule has 0 bridgehead atoms. The average molecular weight is 189 g/mol. The predicted octanol–water partition coefficient (Wildman–Crippen LogP) is -2.34. The lowest BCUT2D eigenvalue weighted by atomic mass is 10.5. The molecule has 0 radical (unpaired) electrons. The maximum absolute atomic E-state index is 10.7. The summed E-state index contributed by atoms with van der Waals surface area (Å²) in [4.78, 5) is 35.6. The monoisotopic (exact) mass is 189 g/mol. The predicted molar refractivity (Wildman–Crippen MR) is 42.0 cm³/mol. The summed E-state index contributed by atoms with van der Waals surface area (Å²) in [6.45, 7) is 0.662. The van der Waals surface area contributed by atoms with E-state index in [1.807, 2.05) is 5.48 Å². The van der Waals surface area contributed by atoms with E-state index in [0.29, 0.717) is 0 Å². The van der Waals surface area contributed by atoms with E-state index in [1.54, 1.807) is 0 Å². The molecule has 0 fully saturated rings. The van der Waals surface area contributed by atoms with Gasteiger partial charge in [0.05, 0.1) is 6.54 Å². The minimum atomic E-state index is -0.767. The quantitative estimate of drug-likeness (QED) is 0.431. The fourth-order valence-corrected chi connectivity index (χ4v) is 0.408. The second-order valence-electron chi connectivity index (χ2n) is 2.11. The average Bonchev–Trinajstić information content (AvgIpc) is 2.10. The Morgan fingerprint density at radius 1 is 1.38 bits per heavy atom. The minimum Gasteiger partial charge on any atom is -0.344 e. The van der Waals surface area contributed by atoms with Crippen LogP contribution in [0.1, 0.15) is 6.92 Å². The molecule has 0 aliphatic heterocycles. The smallest absolute Gasteiger partial charge is 0.344 e. The van der Waals surface area contributed by atoms with Crippen LogP contribution in [0, 0.1) is 0 Å². The Labute approximate surface area is 74.6 Å². The van der Waals surface area contributed by atoms with Gasteiger partial charge in [-0.1, -0.05) is 0 Å². The molecule has 0 aromatic carbocycles. The summed E-state index contributed by atoms with van der Waals surface area (Å²) < 4.78 is 0. The number of nitrogens with two attached hydrogens (primary N) is 1. The number of carbonyl (C=O) groups is 3. The van der Waals surface area contributed by atoms with Crippen molar-refractivity contribution in [3.63, 3.8) is 0 Å². The van der Waals surface area contributed by atoms with Gasteiger partial charge in [-0.15, -0.1) is 0 Å². The number of nitrogens with one attached hydrogen (secondary N) is 2. The van der Waals surface area contributed by atoms with Crippen molar-refractivity contribution in [2.75, 3.05) is 13.1 Å². The minimum absolute atomic E-state index is 0.201. The Kier molecular flexibility index (Phi) is 5.20. The van der Waals surface area contributed by atoms with Gasteiger partial charge in [0.15, 0.2) is 0 Å². The van der Waals surface area contributed by atoms with Gasteiger partial charge < -0.3 is 15.9 Å².